The highest BCUT2D eigenvalue weighted by Gasteiger charge is 2.26. The molecule has 0 amide bonds. The van der Waals surface area contributed by atoms with E-state index in [1.807, 2.05) is 37.3 Å². The standard InChI is InChI=1S/C13H17NO/c1-11(15)8-9-13(2,10-14)12-6-4-3-5-7-12/h3-7,11,15H,8-9H2,1-2H3. The van der Waals surface area contributed by atoms with Crippen molar-refractivity contribution < 1.29 is 5.11 Å². The Kier molecular flexibility index (Phi) is 3.88. The van der Waals surface area contributed by atoms with Crippen molar-refractivity contribution in [3.05, 3.63) is 35.9 Å². The van der Waals surface area contributed by atoms with Crippen molar-refractivity contribution in [3.8, 4) is 6.07 Å². The van der Waals surface area contributed by atoms with Crippen LogP contribution in [0, 0.1) is 11.3 Å². The zero-order chi connectivity index (χ0) is 11.3. The third-order valence-electron chi connectivity index (χ3n) is 2.72. The Labute approximate surface area is 91.2 Å². The van der Waals surface area contributed by atoms with Crippen LogP contribution in [-0.4, -0.2) is 11.2 Å². The molecule has 15 heavy (non-hydrogen) atoms. The summed E-state index contributed by atoms with van der Waals surface area (Å²) >= 11 is 0. The highest BCUT2D eigenvalue weighted by Crippen LogP contribution is 2.28. The van der Waals surface area contributed by atoms with Crippen LogP contribution in [0.4, 0.5) is 0 Å². The lowest BCUT2D eigenvalue weighted by molar-refractivity contribution is 0.175. The minimum atomic E-state index is -0.488. The molecule has 0 bridgehead atoms. The molecule has 0 saturated heterocycles. The summed E-state index contributed by atoms with van der Waals surface area (Å²) in [5, 5.41) is 18.5. The molecule has 0 aliphatic heterocycles. The Morgan fingerprint density at radius 3 is 2.47 bits per heavy atom. The lowest BCUT2D eigenvalue weighted by Gasteiger charge is -2.22. The number of nitriles is 1. The zero-order valence-corrected chi connectivity index (χ0v) is 9.27. The van der Waals surface area contributed by atoms with Gasteiger partial charge in [-0.25, -0.2) is 0 Å². The lowest BCUT2D eigenvalue weighted by Crippen LogP contribution is -2.21. The van der Waals surface area contributed by atoms with Gasteiger partial charge >= 0.3 is 0 Å². The lowest BCUT2D eigenvalue weighted by atomic mass is 9.79. The third kappa shape index (κ3) is 3.07. The number of aliphatic hydroxyl groups excluding tert-OH is 1. The molecule has 0 fully saturated rings. The highest BCUT2D eigenvalue weighted by molar-refractivity contribution is 5.30. The monoisotopic (exact) mass is 203 g/mol. The molecule has 2 heteroatoms. The van der Waals surface area contributed by atoms with Gasteiger partial charge in [0.15, 0.2) is 0 Å². The van der Waals surface area contributed by atoms with Gasteiger partial charge in [0.1, 0.15) is 0 Å². The fourth-order valence-electron chi connectivity index (χ4n) is 1.57. The van der Waals surface area contributed by atoms with E-state index < -0.39 is 5.41 Å². The molecule has 80 valence electrons. The minimum Gasteiger partial charge on any atom is -0.393 e. The molecule has 2 nitrogen and oxygen atoms in total. The molecule has 1 N–H and O–H groups in total. The Hall–Kier alpha value is -1.33. The Balaban J connectivity index is 2.82. The van der Waals surface area contributed by atoms with Crippen LogP contribution >= 0.6 is 0 Å². The van der Waals surface area contributed by atoms with Crippen molar-refractivity contribution in [3.63, 3.8) is 0 Å². The maximum atomic E-state index is 9.25. The first-order chi connectivity index (χ1) is 7.08. The van der Waals surface area contributed by atoms with Gasteiger partial charge in [-0.15, -0.1) is 0 Å². The molecular weight excluding hydrogens is 186 g/mol. The molecular formula is C13H17NO. The van der Waals surface area contributed by atoms with Gasteiger partial charge in [0.2, 0.25) is 0 Å². The molecule has 2 unspecified atom stereocenters. The second-order valence-corrected chi connectivity index (χ2v) is 4.20. The summed E-state index contributed by atoms with van der Waals surface area (Å²) in [4.78, 5) is 0. The molecule has 1 rings (SSSR count). The van der Waals surface area contributed by atoms with Crippen LogP contribution in [0.25, 0.3) is 0 Å². The van der Waals surface area contributed by atoms with Crippen molar-refractivity contribution in [1.29, 1.82) is 5.26 Å². The van der Waals surface area contributed by atoms with E-state index in [-0.39, 0.29) is 6.10 Å². The molecule has 0 radical (unpaired) electrons. The summed E-state index contributed by atoms with van der Waals surface area (Å²) in [5.74, 6) is 0. The van der Waals surface area contributed by atoms with Crippen molar-refractivity contribution in [2.75, 3.05) is 0 Å². The highest BCUT2D eigenvalue weighted by atomic mass is 16.3. The Morgan fingerprint density at radius 1 is 1.40 bits per heavy atom. The average molecular weight is 203 g/mol. The van der Waals surface area contributed by atoms with E-state index in [2.05, 4.69) is 6.07 Å². The molecule has 1 aromatic rings. The van der Waals surface area contributed by atoms with E-state index in [1.54, 1.807) is 6.92 Å². The van der Waals surface area contributed by atoms with Crippen LogP contribution in [0.2, 0.25) is 0 Å². The van der Waals surface area contributed by atoms with E-state index in [0.29, 0.717) is 12.8 Å². The molecule has 0 aliphatic rings. The molecule has 2 atom stereocenters. The summed E-state index contributed by atoms with van der Waals surface area (Å²) in [5.41, 5.74) is 0.534. The van der Waals surface area contributed by atoms with Crippen LogP contribution in [0.3, 0.4) is 0 Å². The number of hydrogen-bond donors (Lipinski definition) is 1. The van der Waals surface area contributed by atoms with Gasteiger partial charge in [-0.2, -0.15) is 5.26 Å². The quantitative estimate of drug-likeness (QED) is 0.817. The normalized spacial score (nSPS) is 16.4. The van der Waals surface area contributed by atoms with E-state index in [0.717, 1.165) is 5.56 Å². The van der Waals surface area contributed by atoms with Gasteiger partial charge in [0.25, 0.3) is 0 Å². The smallest absolute Gasteiger partial charge is 0.0795 e. The topological polar surface area (TPSA) is 44.0 Å². The maximum absolute atomic E-state index is 9.25. The van der Waals surface area contributed by atoms with Gasteiger partial charge in [0, 0.05) is 0 Å². The van der Waals surface area contributed by atoms with Crippen LogP contribution in [0.1, 0.15) is 32.3 Å². The number of benzene rings is 1. The van der Waals surface area contributed by atoms with E-state index in [4.69, 9.17) is 0 Å². The Bertz CT molecular complexity index is 339. The number of nitrogens with zero attached hydrogens (tertiary/aromatic N) is 1. The number of aliphatic hydroxyl groups is 1. The van der Waals surface area contributed by atoms with E-state index in [9.17, 15) is 10.4 Å². The van der Waals surface area contributed by atoms with Crippen LogP contribution in [0.15, 0.2) is 30.3 Å². The van der Waals surface area contributed by atoms with Gasteiger partial charge in [-0.3, -0.25) is 0 Å². The predicted octanol–water partition coefficient (Wildman–Crippen LogP) is 2.63. The summed E-state index contributed by atoms with van der Waals surface area (Å²) in [6.07, 6.45) is 0.991. The maximum Gasteiger partial charge on any atom is 0.0795 e. The molecule has 0 aliphatic carbocycles. The number of rotatable bonds is 4. The van der Waals surface area contributed by atoms with E-state index in [1.165, 1.54) is 0 Å². The van der Waals surface area contributed by atoms with Crippen molar-refractivity contribution in [2.24, 2.45) is 0 Å². The first-order valence-electron chi connectivity index (χ1n) is 5.23. The number of hydrogen-bond acceptors (Lipinski definition) is 2. The van der Waals surface area contributed by atoms with Crippen LogP contribution in [0.5, 0.6) is 0 Å². The molecule has 0 aromatic heterocycles. The van der Waals surface area contributed by atoms with Gasteiger partial charge in [0.05, 0.1) is 17.6 Å². The SMILES string of the molecule is CC(O)CCC(C)(C#N)c1ccccc1. The van der Waals surface area contributed by atoms with Gasteiger partial charge < -0.3 is 5.11 Å². The minimum absolute atomic E-state index is 0.346. The van der Waals surface area contributed by atoms with Crippen LogP contribution < -0.4 is 0 Å². The molecule has 1 aromatic carbocycles. The summed E-state index contributed by atoms with van der Waals surface area (Å²) < 4.78 is 0. The van der Waals surface area contributed by atoms with Crippen molar-refractivity contribution in [2.45, 2.75) is 38.2 Å². The fraction of sp³-hybridized carbons (Fsp3) is 0.462. The predicted molar refractivity (Wildman–Crippen MR) is 60.3 cm³/mol. The summed E-state index contributed by atoms with van der Waals surface area (Å²) in [6, 6.07) is 12.1. The van der Waals surface area contributed by atoms with Crippen molar-refractivity contribution >= 4 is 0 Å². The average Bonchev–Trinajstić information content (AvgIpc) is 2.27. The molecule has 0 saturated carbocycles. The first kappa shape index (κ1) is 11.7. The first-order valence-corrected chi connectivity index (χ1v) is 5.23. The third-order valence-corrected chi connectivity index (χ3v) is 2.72. The Morgan fingerprint density at radius 2 is 2.00 bits per heavy atom. The largest absolute Gasteiger partial charge is 0.393 e. The molecule has 0 spiro atoms. The second kappa shape index (κ2) is 4.95. The van der Waals surface area contributed by atoms with E-state index >= 15 is 0 Å². The van der Waals surface area contributed by atoms with Gasteiger partial charge in [-0.05, 0) is 32.3 Å². The second-order valence-electron chi connectivity index (χ2n) is 4.20. The summed E-state index contributed by atoms with van der Waals surface area (Å²) in [6.45, 7) is 3.67. The summed E-state index contributed by atoms with van der Waals surface area (Å²) in [7, 11) is 0. The zero-order valence-electron chi connectivity index (χ0n) is 9.27. The fourth-order valence-corrected chi connectivity index (χ4v) is 1.57. The van der Waals surface area contributed by atoms with Crippen molar-refractivity contribution in [1.82, 2.24) is 0 Å². The molecule has 0 heterocycles. The van der Waals surface area contributed by atoms with Crippen LogP contribution in [-0.2, 0) is 5.41 Å². The van der Waals surface area contributed by atoms with Gasteiger partial charge in [-0.1, -0.05) is 30.3 Å².